The largest absolute Gasteiger partial charge is 0.491 e. The van der Waals surface area contributed by atoms with Crippen LogP contribution in [0.15, 0.2) is 54.6 Å². The summed E-state index contributed by atoms with van der Waals surface area (Å²) < 4.78 is 5.47. The van der Waals surface area contributed by atoms with Crippen LogP contribution in [0.1, 0.15) is 6.92 Å². The van der Waals surface area contributed by atoms with Crippen molar-refractivity contribution in [3.63, 3.8) is 0 Å². The number of hydrogen-bond acceptors (Lipinski definition) is 4. The Kier molecular flexibility index (Phi) is 5.44. The third-order valence-corrected chi connectivity index (χ3v) is 4.38. The zero-order chi connectivity index (χ0) is 18.7. The van der Waals surface area contributed by atoms with Gasteiger partial charge in [0.2, 0.25) is 0 Å². The summed E-state index contributed by atoms with van der Waals surface area (Å²) in [6.07, 6.45) is -0.999. The Morgan fingerprint density at radius 1 is 1.12 bits per heavy atom. The molecule has 0 radical (unpaired) electrons. The molecule has 1 aliphatic heterocycles. The zero-order valence-corrected chi connectivity index (χ0v) is 15.0. The van der Waals surface area contributed by atoms with Gasteiger partial charge < -0.3 is 9.84 Å². The maximum Gasteiger partial charge on any atom is 0.332 e. The van der Waals surface area contributed by atoms with Gasteiger partial charge in [-0.15, -0.1) is 0 Å². The number of para-hydroxylation sites is 1. The van der Waals surface area contributed by atoms with Crippen LogP contribution in [0.2, 0.25) is 5.02 Å². The number of halogens is 1. The minimum Gasteiger partial charge on any atom is -0.491 e. The summed E-state index contributed by atoms with van der Waals surface area (Å²) in [5.41, 5.74) is 0.646. The SMILES string of the molecule is C[C@@H]1C(=O)N(C[C@H](O)COc2ccc(Cl)cc2)C(=O)N1c1ccccc1. The fourth-order valence-corrected chi connectivity index (χ4v) is 2.93. The van der Waals surface area contributed by atoms with Crippen LogP contribution in [-0.4, -0.2) is 47.2 Å². The lowest BCUT2D eigenvalue weighted by atomic mass is 10.2. The molecule has 2 aromatic carbocycles. The summed E-state index contributed by atoms with van der Waals surface area (Å²) >= 11 is 5.81. The molecule has 0 aromatic heterocycles. The molecule has 26 heavy (non-hydrogen) atoms. The quantitative estimate of drug-likeness (QED) is 0.789. The number of β-amino-alcohol motifs (C(OH)–C–C–N with tert-alkyl or cyclic N) is 1. The Hall–Kier alpha value is -2.57. The van der Waals surface area contributed by atoms with E-state index in [1.165, 1.54) is 4.90 Å². The number of urea groups is 1. The van der Waals surface area contributed by atoms with Gasteiger partial charge in [0.05, 0.1) is 6.54 Å². The van der Waals surface area contributed by atoms with E-state index in [2.05, 4.69) is 0 Å². The van der Waals surface area contributed by atoms with Crippen molar-refractivity contribution in [1.29, 1.82) is 0 Å². The number of nitrogens with zero attached hydrogens (tertiary/aromatic N) is 2. The molecule has 0 spiro atoms. The average molecular weight is 375 g/mol. The highest BCUT2D eigenvalue weighted by atomic mass is 35.5. The maximum absolute atomic E-state index is 12.6. The van der Waals surface area contributed by atoms with Crippen LogP contribution < -0.4 is 9.64 Å². The van der Waals surface area contributed by atoms with Gasteiger partial charge in [0, 0.05) is 10.7 Å². The molecule has 0 bridgehead atoms. The summed E-state index contributed by atoms with van der Waals surface area (Å²) in [5.74, 6) is 0.205. The number of amides is 3. The second-order valence-corrected chi connectivity index (χ2v) is 6.47. The summed E-state index contributed by atoms with van der Waals surface area (Å²) in [7, 11) is 0. The van der Waals surface area contributed by atoms with Crippen LogP contribution in [0.4, 0.5) is 10.5 Å². The number of aliphatic hydroxyl groups is 1. The van der Waals surface area contributed by atoms with Crippen molar-refractivity contribution in [2.24, 2.45) is 0 Å². The van der Waals surface area contributed by atoms with Crippen molar-refractivity contribution < 1.29 is 19.4 Å². The van der Waals surface area contributed by atoms with E-state index < -0.39 is 18.2 Å². The van der Waals surface area contributed by atoms with Crippen molar-refractivity contribution in [2.45, 2.75) is 19.1 Å². The summed E-state index contributed by atoms with van der Waals surface area (Å²) in [4.78, 5) is 27.6. The Morgan fingerprint density at radius 3 is 2.42 bits per heavy atom. The highest BCUT2D eigenvalue weighted by Gasteiger charge is 2.43. The Labute approximate surface area is 156 Å². The number of anilines is 1. The average Bonchev–Trinajstić information content (AvgIpc) is 2.85. The molecule has 7 heteroatoms. The van der Waals surface area contributed by atoms with Gasteiger partial charge in [0.1, 0.15) is 24.5 Å². The van der Waals surface area contributed by atoms with Gasteiger partial charge in [0.15, 0.2) is 0 Å². The third kappa shape index (κ3) is 3.81. The number of benzene rings is 2. The van der Waals surface area contributed by atoms with Crippen LogP contribution in [0.5, 0.6) is 5.75 Å². The standard InChI is InChI=1S/C19H19ClN2O4/c1-13-18(24)21(19(25)22(13)15-5-3-2-4-6-15)11-16(23)12-26-17-9-7-14(20)8-10-17/h2-10,13,16,23H,11-12H2,1H3/t13-,16+/m1/s1. The molecule has 136 valence electrons. The van der Waals surface area contributed by atoms with E-state index in [9.17, 15) is 14.7 Å². The number of hydrogen-bond donors (Lipinski definition) is 1. The van der Waals surface area contributed by atoms with E-state index in [1.54, 1.807) is 55.5 Å². The van der Waals surface area contributed by atoms with E-state index in [4.69, 9.17) is 16.3 Å². The molecule has 3 amide bonds. The van der Waals surface area contributed by atoms with E-state index in [0.717, 1.165) is 4.90 Å². The monoisotopic (exact) mass is 374 g/mol. The Balaban J connectivity index is 1.62. The second-order valence-electron chi connectivity index (χ2n) is 6.03. The second kappa shape index (κ2) is 7.76. The first-order chi connectivity index (χ1) is 12.5. The molecule has 1 fully saturated rings. The number of imide groups is 1. The fourth-order valence-electron chi connectivity index (χ4n) is 2.80. The van der Waals surface area contributed by atoms with Crippen LogP contribution in [0, 0.1) is 0 Å². The molecule has 0 saturated carbocycles. The molecule has 1 heterocycles. The summed E-state index contributed by atoms with van der Waals surface area (Å²) in [6, 6.07) is 14.6. The van der Waals surface area contributed by atoms with E-state index in [-0.39, 0.29) is 19.1 Å². The van der Waals surface area contributed by atoms with Crippen molar-refractivity contribution in [1.82, 2.24) is 4.90 Å². The van der Waals surface area contributed by atoms with Crippen molar-refractivity contribution in [2.75, 3.05) is 18.1 Å². The number of ether oxygens (including phenoxy) is 1. The molecule has 1 N–H and O–H groups in total. The van der Waals surface area contributed by atoms with Crippen LogP contribution in [0.25, 0.3) is 0 Å². The first-order valence-corrected chi connectivity index (χ1v) is 8.61. The number of carbonyl (C=O) groups is 2. The smallest absolute Gasteiger partial charge is 0.332 e. The summed E-state index contributed by atoms with van der Waals surface area (Å²) in [5, 5.41) is 10.8. The highest BCUT2D eigenvalue weighted by molar-refractivity contribution is 6.30. The van der Waals surface area contributed by atoms with Crippen LogP contribution in [0.3, 0.4) is 0 Å². The first-order valence-electron chi connectivity index (χ1n) is 8.23. The third-order valence-electron chi connectivity index (χ3n) is 4.13. The number of aliphatic hydroxyl groups excluding tert-OH is 1. The van der Waals surface area contributed by atoms with Gasteiger partial charge in [-0.2, -0.15) is 0 Å². The predicted octanol–water partition coefficient (Wildman–Crippen LogP) is 2.94. The van der Waals surface area contributed by atoms with E-state index >= 15 is 0 Å². The van der Waals surface area contributed by atoms with Gasteiger partial charge >= 0.3 is 6.03 Å². The molecule has 0 unspecified atom stereocenters. The van der Waals surface area contributed by atoms with Gasteiger partial charge in [-0.05, 0) is 43.3 Å². The lowest BCUT2D eigenvalue weighted by molar-refractivity contribution is -0.128. The first kappa shape index (κ1) is 18.2. The predicted molar refractivity (Wildman–Crippen MR) is 98.4 cm³/mol. The topological polar surface area (TPSA) is 70.1 Å². The van der Waals surface area contributed by atoms with Crippen LogP contribution >= 0.6 is 11.6 Å². The van der Waals surface area contributed by atoms with Crippen molar-refractivity contribution >= 4 is 29.2 Å². The van der Waals surface area contributed by atoms with Gasteiger partial charge in [-0.3, -0.25) is 14.6 Å². The molecule has 3 rings (SSSR count). The van der Waals surface area contributed by atoms with Gasteiger partial charge in [-0.25, -0.2) is 4.79 Å². The van der Waals surface area contributed by atoms with E-state index in [1.807, 2.05) is 6.07 Å². The highest BCUT2D eigenvalue weighted by Crippen LogP contribution is 2.25. The molecule has 2 atom stereocenters. The van der Waals surface area contributed by atoms with E-state index in [0.29, 0.717) is 16.5 Å². The molecule has 1 aliphatic rings. The molecular formula is C19H19ClN2O4. The normalized spacial score (nSPS) is 18.3. The molecule has 1 saturated heterocycles. The molecular weight excluding hydrogens is 356 g/mol. The van der Waals surface area contributed by atoms with Crippen molar-refractivity contribution in [3.8, 4) is 5.75 Å². The molecule has 6 nitrogen and oxygen atoms in total. The van der Waals surface area contributed by atoms with Crippen molar-refractivity contribution in [3.05, 3.63) is 59.6 Å². The zero-order valence-electron chi connectivity index (χ0n) is 14.2. The van der Waals surface area contributed by atoms with Crippen LogP contribution in [-0.2, 0) is 4.79 Å². The maximum atomic E-state index is 12.6. The van der Waals surface area contributed by atoms with Gasteiger partial charge in [0.25, 0.3) is 5.91 Å². The lowest BCUT2D eigenvalue weighted by Gasteiger charge is -2.20. The lowest BCUT2D eigenvalue weighted by Crippen LogP contribution is -2.40. The van der Waals surface area contributed by atoms with Gasteiger partial charge in [-0.1, -0.05) is 29.8 Å². The summed E-state index contributed by atoms with van der Waals surface area (Å²) in [6.45, 7) is 1.50. The Bertz CT molecular complexity index is 782. The number of carbonyl (C=O) groups excluding carboxylic acids is 2. The number of rotatable bonds is 6. The molecule has 2 aromatic rings. The Morgan fingerprint density at radius 2 is 1.77 bits per heavy atom. The molecule has 0 aliphatic carbocycles. The minimum atomic E-state index is -0.999. The minimum absolute atomic E-state index is 0.0432. The fraction of sp³-hybridized carbons (Fsp3) is 0.263.